The fourth-order valence-corrected chi connectivity index (χ4v) is 5.40. The standard InChI is InChI=1S/C21H26N4O3S/c22-19(27)17-11-5-6-12-24(17)18(26)13-29-21-23-16-10-4-3-9-15(16)20(28)25(21)14-7-1-2-8-14/h3-4,9-10,14,17H,1-2,5-8,11-13H2,(H2,22,27)/t17-/m1/s1. The molecule has 0 radical (unpaired) electrons. The number of nitrogens with zero attached hydrogens (tertiary/aromatic N) is 3. The lowest BCUT2D eigenvalue weighted by Gasteiger charge is -2.33. The molecule has 2 amide bonds. The van der Waals surface area contributed by atoms with Gasteiger partial charge in [0.25, 0.3) is 5.56 Å². The Kier molecular flexibility index (Phi) is 5.89. The van der Waals surface area contributed by atoms with E-state index in [0.29, 0.717) is 29.0 Å². The van der Waals surface area contributed by atoms with Crippen LogP contribution in [0.2, 0.25) is 0 Å². The number of carbonyl (C=O) groups excluding carboxylic acids is 2. The van der Waals surface area contributed by atoms with Crippen molar-refractivity contribution >= 4 is 34.5 Å². The number of amides is 2. The summed E-state index contributed by atoms with van der Waals surface area (Å²) in [6.45, 7) is 0.549. The quantitative estimate of drug-likeness (QED) is 0.599. The van der Waals surface area contributed by atoms with E-state index in [1.54, 1.807) is 15.5 Å². The summed E-state index contributed by atoms with van der Waals surface area (Å²) in [6, 6.07) is 6.94. The lowest BCUT2D eigenvalue weighted by Crippen LogP contribution is -2.51. The number of carbonyl (C=O) groups is 2. The van der Waals surface area contributed by atoms with Crippen molar-refractivity contribution in [1.82, 2.24) is 14.5 Å². The molecule has 2 aromatic rings. The zero-order valence-corrected chi connectivity index (χ0v) is 17.2. The van der Waals surface area contributed by atoms with Gasteiger partial charge in [0.15, 0.2) is 5.16 Å². The van der Waals surface area contributed by atoms with Crippen molar-refractivity contribution in [3.8, 4) is 0 Å². The van der Waals surface area contributed by atoms with E-state index in [9.17, 15) is 14.4 Å². The number of benzene rings is 1. The van der Waals surface area contributed by atoms with Crippen molar-refractivity contribution in [2.24, 2.45) is 5.73 Å². The van der Waals surface area contributed by atoms with Gasteiger partial charge in [-0.25, -0.2) is 4.98 Å². The largest absolute Gasteiger partial charge is 0.368 e. The maximum Gasteiger partial charge on any atom is 0.262 e. The molecule has 2 heterocycles. The molecule has 2 N–H and O–H groups in total. The highest BCUT2D eigenvalue weighted by Gasteiger charge is 2.31. The monoisotopic (exact) mass is 414 g/mol. The molecule has 2 fully saturated rings. The van der Waals surface area contributed by atoms with Gasteiger partial charge in [-0.2, -0.15) is 0 Å². The predicted octanol–water partition coefficient (Wildman–Crippen LogP) is 2.47. The van der Waals surface area contributed by atoms with Gasteiger partial charge >= 0.3 is 0 Å². The fourth-order valence-electron chi connectivity index (χ4n) is 4.45. The van der Waals surface area contributed by atoms with E-state index in [4.69, 9.17) is 10.7 Å². The van der Waals surface area contributed by atoms with Gasteiger partial charge in [-0.15, -0.1) is 0 Å². The first-order valence-electron chi connectivity index (χ1n) is 10.3. The maximum absolute atomic E-state index is 13.2. The summed E-state index contributed by atoms with van der Waals surface area (Å²) in [5, 5.41) is 1.20. The Hall–Kier alpha value is -2.35. The maximum atomic E-state index is 13.2. The Bertz CT molecular complexity index is 984. The zero-order chi connectivity index (χ0) is 20.4. The van der Waals surface area contributed by atoms with Gasteiger partial charge in [0, 0.05) is 12.6 Å². The number of hydrogen-bond donors (Lipinski definition) is 1. The molecular formula is C21H26N4O3S. The highest BCUT2D eigenvalue weighted by molar-refractivity contribution is 7.99. The van der Waals surface area contributed by atoms with E-state index >= 15 is 0 Å². The van der Waals surface area contributed by atoms with Crippen LogP contribution in [0.25, 0.3) is 10.9 Å². The molecular weight excluding hydrogens is 388 g/mol. The lowest BCUT2D eigenvalue weighted by molar-refractivity contribution is -0.138. The first-order chi connectivity index (χ1) is 14.1. The molecule has 1 atom stereocenters. The molecule has 8 heteroatoms. The van der Waals surface area contributed by atoms with E-state index < -0.39 is 11.9 Å². The van der Waals surface area contributed by atoms with Gasteiger partial charge in [-0.05, 0) is 44.2 Å². The predicted molar refractivity (Wildman–Crippen MR) is 113 cm³/mol. The van der Waals surface area contributed by atoms with Gasteiger partial charge in [0.05, 0.1) is 16.7 Å². The molecule has 7 nitrogen and oxygen atoms in total. The molecule has 1 aromatic heterocycles. The summed E-state index contributed by atoms with van der Waals surface area (Å²) in [6.07, 6.45) is 6.50. The smallest absolute Gasteiger partial charge is 0.262 e. The van der Waals surface area contributed by atoms with Crippen molar-refractivity contribution in [2.45, 2.75) is 62.2 Å². The molecule has 4 rings (SSSR count). The molecule has 1 aromatic carbocycles. The molecule has 2 aliphatic rings. The second-order valence-corrected chi connectivity index (χ2v) is 8.76. The Morgan fingerprint density at radius 1 is 1.10 bits per heavy atom. The third-order valence-corrected chi connectivity index (χ3v) is 6.88. The van der Waals surface area contributed by atoms with Crippen LogP contribution in [-0.2, 0) is 9.59 Å². The highest BCUT2D eigenvalue weighted by Crippen LogP contribution is 2.32. The number of nitrogens with two attached hydrogens (primary N) is 1. The Morgan fingerprint density at radius 2 is 1.83 bits per heavy atom. The van der Waals surface area contributed by atoms with Crippen LogP contribution < -0.4 is 11.3 Å². The summed E-state index contributed by atoms with van der Waals surface area (Å²) >= 11 is 1.29. The highest BCUT2D eigenvalue weighted by atomic mass is 32.2. The van der Waals surface area contributed by atoms with Gasteiger partial charge < -0.3 is 10.6 Å². The normalized spacial score (nSPS) is 20.3. The molecule has 0 bridgehead atoms. The van der Waals surface area contributed by atoms with Crippen LogP contribution in [0.1, 0.15) is 51.0 Å². The summed E-state index contributed by atoms with van der Waals surface area (Å²) in [5.74, 6) is -0.435. The van der Waals surface area contributed by atoms with Gasteiger partial charge in [-0.1, -0.05) is 36.7 Å². The van der Waals surface area contributed by atoms with Gasteiger partial charge in [0.1, 0.15) is 6.04 Å². The van der Waals surface area contributed by atoms with E-state index in [1.807, 2.05) is 18.2 Å². The summed E-state index contributed by atoms with van der Waals surface area (Å²) < 4.78 is 1.79. The van der Waals surface area contributed by atoms with Gasteiger partial charge in [-0.3, -0.25) is 19.0 Å². The van der Waals surface area contributed by atoms with Crippen LogP contribution >= 0.6 is 11.8 Å². The van der Waals surface area contributed by atoms with Crippen LogP contribution in [0.5, 0.6) is 0 Å². The van der Waals surface area contributed by atoms with Crippen LogP contribution in [-0.4, -0.2) is 44.6 Å². The van der Waals surface area contributed by atoms with Crippen LogP contribution in [0.3, 0.4) is 0 Å². The Balaban J connectivity index is 1.61. The first-order valence-corrected chi connectivity index (χ1v) is 11.3. The number of para-hydroxylation sites is 1. The number of piperidine rings is 1. The van der Waals surface area contributed by atoms with Crippen LogP contribution in [0, 0.1) is 0 Å². The average molecular weight is 415 g/mol. The molecule has 1 saturated carbocycles. The summed E-state index contributed by atoms with van der Waals surface area (Å²) in [7, 11) is 0. The Labute approximate surface area is 173 Å². The summed E-state index contributed by atoms with van der Waals surface area (Å²) in [5.41, 5.74) is 6.11. The number of fused-ring (bicyclic) bond motifs is 1. The van der Waals surface area contributed by atoms with Crippen LogP contribution in [0.4, 0.5) is 0 Å². The van der Waals surface area contributed by atoms with Gasteiger partial charge in [0.2, 0.25) is 11.8 Å². The number of thioether (sulfide) groups is 1. The minimum atomic E-state index is -0.529. The van der Waals surface area contributed by atoms with Crippen molar-refractivity contribution < 1.29 is 9.59 Å². The third kappa shape index (κ3) is 4.03. The molecule has 154 valence electrons. The van der Waals surface area contributed by atoms with E-state index in [2.05, 4.69) is 0 Å². The molecule has 0 unspecified atom stereocenters. The number of rotatable bonds is 5. The number of likely N-dealkylation sites (tertiary alicyclic amines) is 1. The Morgan fingerprint density at radius 3 is 2.59 bits per heavy atom. The average Bonchev–Trinajstić information content (AvgIpc) is 3.26. The number of primary amides is 1. The summed E-state index contributed by atoms with van der Waals surface area (Å²) in [4.78, 5) is 44.1. The fraction of sp³-hybridized carbons (Fsp3) is 0.524. The third-order valence-electron chi connectivity index (χ3n) is 5.94. The molecule has 29 heavy (non-hydrogen) atoms. The molecule has 1 aliphatic carbocycles. The van der Waals surface area contributed by atoms with E-state index in [-0.39, 0.29) is 23.3 Å². The second-order valence-electron chi connectivity index (χ2n) is 7.81. The van der Waals surface area contributed by atoms with E-state index in [1.165, 1.54) is 11.8 Å². The SMILES string of the molecule is NC(=O)[C@H]1CCCCN1C(=O)CSc1nc2ccccc2c(=O)n1C1CCCC1. The number of aromatic nitrogens is 2. The number of hydrogen-bond acceptors (Lipinski definition) is 5. The van der Waals surface area contributed by atoms with Crippen LogP contribution in [0.15, 0.2) is 34.2 Å². The van der Waals surface area contributed by atoms with Crippen molar-refractivity contribution in [2.75, 3.05) is 12.3 Å². The molecule has 1 aliphatic heterocycles. The molecule has 1 saturated heterocycles. The zero-order valence-electron chi connectivity index (χ0n) is 16.4. The van der Waals surface area contributed by atoms with Crippen molar-refractivity contribution in [3.63, 3.8) is 0 Å². The first kappa shape index (κ1) is 19.9. The van der Waals surface area contributed by atoms with E-state index in [0.717, 1.165) is 38.5 Å². The minimum absolute atomic E-state index is 0.0366. The topological polar surface area (TPSA) is 98.3 Å². The van der Waals surface area contributed by atoms with Crippen molar-refractivity contribution in [1.29, 1.82) is 0 Å². The molecule has 0 spiro atoms. The van der Waals surface area contributed by atoms with Crippen molar-refractivity contribution in [3.05, 3.63) is 34.6 Å². The lowest BCUT2D eigenvalue weighted by atomic mass is 10.0. The second kappa shape index (κ2) is 8.57. The minimum Gasteiger partial charge on any atom is -0.368 e.